The maximum Gasteiger partial charge on any atom is 0.241 e. The number of nitrogens with zero attached hydrogens (tertiary/aromatic N) is 4. The number of amides is 1. The van der Waals surface area contributed by atoms with Gasteiger partial charge in [0.1, 0.15) is 0 Å². The number of ether oxygens (including phenoxy) is 2. The topological polar surface area (TPSA) is 93.0 Å². The molecule has 9 nitrogen and oxygen atoms in total. The summed E-state index contributed by atoms with van der Waals surface area (Å²) in [6.45, 7) is 5.70. The highest BCUT2D eigenvalue weighted by Gasteiger charge is 2.26. The maximum atomic E-state index is 13.0. The summed E-state index contributed by atoms with van der Waals surface area (Å²) in [7, 11) is 3.20. The molecular formula is C34H39N5O4. The van der Waals surface area contributed by atoms with E-state index in [1.807, 2.05) is 18.2 Å². The Morgan fingerprint density at radius 3 is 2.49 bits per heavy atom. The lowest BCUT2D eigenvalue weighted by Gasteiger charge is -2.30. The van der Waals surface area contributed by atoms with Gasteiger partial charge in [-0.15, -0.1) is 0 Å². The highest BCUT2D eigenvalue weighted by atomic mass is 16.5. The van der Waals surface area contributed by atoms with Crippen molar-refractivity contribution in [3.8, 4) is 22.9 Å². The van der Waals surface area contributed by atoms with Crippen molar-refractivity contribution in [2.24, 2.45) is 5.92 Å². The van der Waals surface area contributed by atoms with Crippen LogP contribution in [0.15, 0.2) is 71.3 Å². The zero-order valence-electron chi connectivity index (χ0n) is 24.9. The Morgan fingerprint density at radius 1 is 0.884 bits per heavy atom. The first-order chi connectivity index (χ1) is 21.1. The Bertz CT molecular complexity index is 1550. The number of likely N-dealkylation sites (tertiary alicyclic amines) is 1. The predicted octanol–water partition coefficient (Wildman–Crippen LogP) is 4.84. The standard InChI is InChI=1S/C34H39N5O4/c1-41-30-11-10-28(19-31(30)42-2)33-36-32(43-37-33)23-38-15-13-27(14-16-38)34(40)35-20-24-6-5-7-25(18-24)21-39-17-12-26-8-3-4-9-29(26)22-39/h3-11,18-19,27H,12-17,20-23H2,1-2H3,(H,35,40). The van der Waals surface area contributed by atoms with Gasteiger partial charge in [0.05, 0.1) is 20.8 Å². The van der Waals surface area contributed by atoms with Crippen molar-refractivity contribution < 1.29 is 18.8 Å². The van der Waals surface area contributed by atoms with E-state index in [-0.39, 0.29) is 11.8 Å². The van der Waals surface area contributed by atoms with E-state index in [1.54, 1.807) is 14.2 Å². The summed E-state index contributed by atoms with van der Waals surface area (Å²) >= 11 is 0. The molecule has 1 amide bonds. The molecule has 4 aromatic rings. The quantitative estimate of drug-likeness (QED) is 0.285. The van der Waals surface area contributed by atoms with Gasteiger partial charge < -0.3 is 19.3 Å². The number of nitrogens with one attached hydrogen (secondary N) is 1. The second kappa shape index (κ2) is 13.4. The van der Waals surface area contributed by atoms with Crippen LogP contribution in [-0.4, -0.2) is 59.7 Å². The van der Waals surface area contributed by atoms with Crippen molar-refractivity contribution in [2.45, 2.75) is 45.4 Å². The van der Waals surface area contributed by atoms with E-state index in [2.05, 4.69) is 73.8 Å². The van der Waals surface area contributed by atoms with Crippen molar-refractivity contribution in [3.05, 3.63) is 94.9 Å². The van der Waals surface area contributed by atoms with E-state index in [0.29, 0.717) is 36.3 Å². The minimum absolute atomic E-state index is 0.0119. The van der Waals surface area contributed by atoms with Crippen LogP contribution >= 0.6 is 0 Å². The van der Waals surface area contributed by atoms with Crippen LogP contribution in [0.2, 0.25) is 0 Å². The highest BCUT2D eigenvalue weighted by Crippen LogP contribution is 2.31. The highest BCUT2D eigenvalue weighted by molar-refractivity contribution is 5.78. The van der Waals surface area contributed by atoms with Crippen LogP contribution in [0.25, 0.3) is 11.4 Å². The van der Waals surface area contributed by atoms with Gasteiger partial charge in [-0.25, -0.2) is 0 Å². The van der Waals surface area contributed by atoms with Crippen molar-refractivity contribution in [1.82, 2.24) is 25.3 Å². The fourth-order valence-electron chi connectivity index (χ4n) is 6.08. The molecule has 0 radical (unpaired) electrons. The Kier molecular flexibility index (Phi) is 9.00. The number of hydrogen-bond donors (Lipinski definition) is 1. The minimum Gasteiger partial charge on any atom is -0.493 e. The van der Waals surface area contributed by atoms with E-state index in [0.717, 1.165) is 63.1 Å². The molecule has 0 unspecified atom stereocenters. The third kappa shape index (κ3) is 7.06. The molecule has 0 saturated carbocycles. The summed E-state index contributed by atoms with van der Waals surface area (Å²) in [5, 5.41) is 7.34. The van der Waals surface area contributed by atoms with Crippen LogP contribution in [0.5, 0.6) is 11.5 Å². The van der Waals surface area contributed by atoms with Crippen LogP contribution in [0.3, 0.4) is 0 Å². The number of fused-ring (bicyclic) bond motifs is 1. The van der Waals surface area contributed by atoms with Gasteiger partial charge in [-0.05, 0) is 72.8 Å². The van der Waals surface area contributed by atoms with Gasteiger partial charge in [-0.3, -0.25) is 14.6 Å². The van der Waals surface area contributed by atoms with Crippen molar-refractivity contribution in [3.63, 3.8) is 0 Å². The molecule has 224 valence electrons. The molecule has 3 heterocycles. The molecule has 9 heteroatoms. The lowest BCUT2D eigenvalue weighted by atomic mass is 9.95. The number of hydrogen-bond acceptors (Lipinski definition) is 8. The summed E-state index contributed by atoms with van der Waals surface area (Å²) in [5.41, 5.74) is 6.12. The van der Waals surface area contributed by atoms with Gasteiger partial charge in [0.15, 0.2) is 11.5 Å². The van der Waals surface area contributed by atoms with Crippen molar-refractivity contribution in [1.29, 1.82) is 0 Å². The fourth-order valence-corrected chi connectivity index (χ4v) is 6.08. The SMILES string of the molecule is COc1ccc(-c2noc(CN3CCC(C(=O)NCc4cccc(CN5CCc6ccccc6C5)c4)CC3)n2)cc1OC. The Balaban J connectivity index is 0.954. The molecule has 1 N–H and O–H groups in total. The summed E-state index contributed by atoms with van der Waals surface area (Å²) in [4.78, 5) is 22.4. The van der Waals surface area contributed by atoms with Crippen LogP contribution < -0.4 is 14.8 Å². The zero-order valence-corrected chi connectivity index (χ0v) is 24.9. The first-order valence-corrected chi connectivity index (χ1v) is 15.0. The molecule has 43 heavy (non-hydrogen) atoms. The largest absolute Gasteiger partial charge is 0.493 e. The average Bonchev–Trinajstić information content (AvgIpc) is 3.52. The molecule has 1 fully saturated rings. The number of carbonyl (C=O) groups is 1. The normalized spacial score (nSPS) is 16.0. The monoisotopic (exact) mass is 581 g/mol. The Labute approximate surface area is 252 Å². The zero-order chi connectivity index (χ0) is 29.6. The number of rotatable bonds is 10. The first-order valence-electron chi connectivity index (χ1n) is 15.0. The second-order valence-electron chi connectivity index (χ2n) is 11.4. The lowest BCUT2D eigenvalue weighted by Crippen LogP contribution is -2.40. The molecule has 0 spiro atoms. The molecule has 1 aromatic heterocycles. The van der Waals surface area contributed by atoms with Gasteiger partial charge in [0.2, 0.25) is 17.6 Å². The third-order valence-electron chi connectivity index (χ3n) is 8.50. The number of piperidine rings is 1. The molecule has 2 aliphatic rings. The van der Waals surface area contributed by atoms with Crippen LogP contribution in [0.1, 0.15) is 41.0 Å². The van der Waals surface area contributed by atoms with Crippen LogP contribution in [0.4, 0.5) is 0 Å². The van der Waals surface area contributed by atoms with Gasteiger partial charge in [-0.2, -0.15) is 4.98 Å². The molecular weight excluding hydrogens is 542 g/mol. The van der Waals surface area contributed by atoms with E-state index in [4.69, 9.17) is 14.0 Å². The molecule has 0 atom stereocenters. The van der Waals surface area contributed by atoms with Gasteiger partial charge in [-0.1, -0.05) is 53.7 Å². The van der Waals surface area contributed by atoms with E-state index < -0.39 is 0 Å². The Hall–Kier alpha value is -4.21. The molecule has 6 rings (SSSR count). The fraction of sp³-hybridized carbons (Fsp3) is 0.382. The summed E-state index contributed by atoms with van der Waals surface area (Å²) in [6.07, 6.45) is 2.71. The predicted molar refractivity (Wildman–Crippen MR) is 163 cm³/mol. The van der Waals surface area contributed by atoms with Gasteiger partial charge in [0, 0.05) is 37.7 Å². The maximum absolute atomic E-state index is 13.0. The van der Waals surface area contributed by atoms with Crippen LogP contribution in [-0.2, 0) is 37.4 Å². The minimum atomic E-state index is 0.0119. The van der Waals surface area contributed by atoms with Gasteiger partial charge >= 0.3 is 0 Å². The van der Waals surface area contributed by atoms with Crippen molar-refractivity contribution >= 4 is 5.91 Å². The molecule has 0 aliphatic carbocycles. The molecule has 0 bridgehead atoms. The first kappa shape index (κ1) is 28.9. The van der Waals surface area contributed by atoms with E-state index in [1.165, 1.54) is 16.7 Å². The smallest absolute Gasteiger partial charge is 0.241 e. The molecule has 2 aliphatic heterocycles. The average molecular weight is 582 g/mol. The third-order valence-corrected chi connectivity index (χ3v) is 8.50. The molecule has 1 saturated heterocycles. The number of carbonyl (C=O) groups excluding carboxylic acids is 1. The van der Waals surface area contributed by atoms with Gasteiger partial charge in [0.25, 0.3) is 0 Å². The van der Waals surface area contributed by atoms with E-state index in [9.17, 15) is 4.79 Å². The van der Waals surface area contributed by atoms with Crippen molar-refractivity contribution in [2.75, 3.05) is 33.9 Å². The van der Waals surface area contributed by atoms with E-state index >= 15 is 0 Å². The molecule has 3 aromatic carbocycles. The summed E-state index contributed by atoms with van der Waals surface area (Å²) in [5.74, 6) is 2.47. The number of aromatic nitrogens is 2. The number of methoxy groups -OCH3 is 2. The Morgan fingerprint density at radius 2 is 1.67 bits per heavy atom. The van der Waals surface area contributed by atoms with Crippen LogP contribution in [0, 0.1) is 5.92 Å². The second-order valence-corrected chi connectivity index (χ2v) is 11.4. The summed E-state index contributed by atoms with van der Waals surface area (Å²) in [6, 6.07) is 22.9. The number of benzene rings is 3. The lowest BCUT2D eigenvalue weighted by molar-refractivity contribution is -0.126. The summed E-state index contributed by atoms with van der Waals surface area (Å²) < 4.78 is 16.2.